The molecular formula is C28H27BrN2O3S. The lowest BCUT2D eigenvalue weighted by atomic mass is 10.1. The zero-order valence-corrected chi connectivity index (χ0v) is 22.1. The van der Waals surface area contributed by atoms with Gasteiger partial charge in [0.1, 0.15) is 12.3 Å². The van der Waals surface area contributed by atoms with Crippen molar-refractivity contribution < 1.29 is 14.3 Å². The highest BCUT2D eigenvalue weighted by atomic mass is 79.9. The van der Waals surface area contributed by atoms with Crippen LogP contribution in [0.25, 0.3) is 6.08 Å². The molecule has 0 aliphatic carbocycles. The van der Waals surface area contributed by atoms with E-state index in [4.69, 9.17) is 4.74 Å². The van der Waals surface area contributed by atoms with Crippen molar-refractivity contribution in [1.29, 1.82) is 0 Å². The second kappa shape index (κ2) is 11.6. The van der Waals surface area contributed by atoms with E-state index < -0.39 is 0 Å². The predicted molar refractivity (Wildman–Crippen MR) is 146 cm³/mol. The molecular weight excluding hydrogens is 524 g/mol. The number of rotatable bonds is 8. The number of carbonyl (C=O) groups is 2. The molecule has 0 fully saturated rings. The Labute approximate surface area is 218 Å². The molecule has 0 aromatic heterocycles. The number of halogens is 1. The lowest BCUT2D eigenvalue weighted by Gasteiger charge is -2.30. The van der Waals surface area contributed by atoms with E-state index in [2.05, 4.69) is 33.4 Å². The van der Waals surface area contributed by atoms with Crippen molar-refractivity contribution in [3.63, 3.8) is 0 Å². The monoisotopic (exact) mass is 550 g/mol. The quantitative estimate of drug-likeness (QED) is 0.345. The van der Waals surface area contributed by atoms with Crippen LogP contribution in [0.2, 0.25) is 0 Å². The Bertz CT molecular complexity index is 1250. The fourth-order valence-corrected chi connectivity index (χ4v) is 5.52. The summed E-state index contributed by atoms with van der Waals surface area (Å²) in [5.41, 5.74) is 2.86. The largest absolute Gasteiger partial charge is 0.496 e. The minimum atomic E-state index is -0.187. The standard InChI is InChI=1S/C28H27BrN2O3S/c1-19(12-13-20-8-4-3-5-9-20)30-27(32)18-31-23-10-6-7-11-25(23)35-26(28(31)33)17-21-14-15-24(34-2)22(29)16-21/h3-11,14-17,19H,12-13,18H2,1-2H3,(H,30,32)/b26-17+/t19-/m0/s1. The molecule has 35 heavy (non-hydrogen) atoms. The summed E-state index contributed by atoms with van der Waals surface area (Å²) in [6.45, 7) is 1.96. The zero-order valence-electron chi connectivity index (χ0n) is 19.7. The van der Waals surface area contributed by atoms with E-state index in [0.717, 1.165) is 39.2 Å². The number of methoxy groups -OCH3 is 1. The first kappa shape index (κ1) is 25.1. The maximum Gasteiger partial charge on any atom is 0.265 e. The molecule has 5 nitrogen and oxygen atoms in total. The summed E-state index contributed by atoms with van der Waals surface area (Å²) >= 11 is 4.92. The Morgan fingerprint density at radius 2 is 1.86 bits per heavy atom. The number of carbonyl (C=O) groups excluding carboxylic acids is 2. The fraction of sp³-hybridized carbons (Fsp3) is 0.214. The third-order valence-corrected chi connectivity index (χ3v) is 7.42. The van der Waals surface area contributed by atoms with Gasteiger partial charge < -0.3 is 10.1 Å². The van der Waals surface area contributed by atoms with Crippen molar-refractivity contribution in [1.82, 2.24) is 5.32 Å². The summed E-state index contributed by atoms with van der Waals surface area (Å²) in [5.74, 6) is 0.361. The Morgan fingerprint density at radius 3 is 2.60 bits per heavy atom. The number of ether oxygens (including phenoxy) is 1. The molecule has 0 spiro atoms. The van der Waals surface area contributed by atoms with Gasteiger partial charge in [0.15, 0.2) is 0 Å². The molecule has 0 saturated carbocycles. The van der Waals surface area contributed by atoms with Crippen LogP contribution >= 0.6 is 27.7 Å². The van der Waals surface area contributed by atoms with Gasteiger partial charge in [-0.2, -0.15) is 0 Å². The van der Waals surface area contributed by atoms with Gasteiger partial charge in [0.25, 0.3) is 5.91 Å². The number of anilines is 1. The normalized spacial score (nSPS) is 15.0. The Balaban J connectivity index is 1.48. The smallest absolute Gasteiger partial charge is 0.265 e. The number of fused-ring (bicyclic) bond motifs is 1. The van der Waals surface area contributed by atoms with Gasteiger partial charge in [0, 0.05) is 10.9 Å². The lowest BCUT2D eigenvalue weighted by Crippen LogP contribution is -2.45. The van der Waals surface area contributed by atoms with Crippen molar-refractivity contribution in [2.45, 2.75) is 30.7 Å². The maximum atomic E-state index is 13.5. The van der Waals surface area contributed by atoms with Crippen molar-refractivity contribution >= 4 is 51.3 Å². The topological polar surface area (TPSA) is 58.6 Å². The van der Waals surface area contributed by atoms with Crippen LogP contribution in [-0.2, 0) is 16.0 Å². The summed E-state index contributed by atoms with van der Waals surface area (Å²) in [7, 11) is 1.61. The van der Waals surface area contributed by atoms with Gasteiger partial charge in [-0.25, -0.2) is 0 Å². The van der Waals surface area contributed by atoms with Gasteiger partial charge in [-0.05, 0) is 77.2 Å². The number of hydrogen-bond acceptors (Lipinski definition) is 4. The first-order valence-corrected chi connectivity index (χ1v) is 13.0. The molecule has 1 atom stereocenters. The van der Waals surface area contributed by atoms with Crippen molar-refractivity contribution in [3.05, 3.63) is 93.3 Å². The molecule has 0 bridgehead atoms. The van der Waals surface area contributed by atoms with E-state index in [1.165, 1.54) is 17.3 Å². The first-order valence-electron chi connectivity index (χ1n) is 11.4. The van der Waals surface area contributed by atoms with Crippen LogP contribution < -0.4 is 15.0 Å². The minimum Gasteiger partial charge on any atom is -0.496 e. The molecule has 0 unspecified atom stereocenters. The van der Waals surface area contributed by atoms with E-state index >= 15 is 0 Å². The number of benzene rings is 3. The Hall–Kier alpha value is -3.03. The predicted octanol–water partition coefficient (Wildman–Crippen LogP) is 6.08. The van der Waals surface area contributed by atoms with Crippen LogP contribution in [0.4, 0.5) is 5.69 Å². The Kier molecular flexibility index (Phi) is 8.31. The van der Waals surface area contributed by atoms with Gasteiger partial charge in [-0.15, -0.1) is 0 Å². The molecule has 1 N–H and O–H groups in total. The number of hydrogen-bond donors (Lipinski definition) is 1. The van der Waals surface area contributed by atoms with Crippen molar-refractivity contribution in [2.24, 2.45) is 0 Å². The lowest BCUT2D eigenvalue weighted by molar-refractivity contribution is -0.122. The number of para-hydroxylation sites is 1. The fourth-order valence-electron chi connectivity index (χ4n) is 3.91. The number of nitrogens with one attached hydrogen (secondary N) is 1. The van der Waals surface area contributed by atoms with Crippen LogP contribution in [0.15, 0.2) is 87.1 Å². The third-order valence-electron chi connectivity index (χ3n) is 5.72. The number of thioether (sulfide) groups is 1. The van der Waals surface area contributed by atoms with Gasteiger partial charge in [0.05, 0.1) is 22.2 Å². The number of aryl methyl sites for hydroxylation is 1. The van der Waals surface area contributed by atoms with Crippen molar-refractivity contribution in [2.75, 3.05) is 18.6 Å². The van der Waals surface area contributed by atoms with E-state index in [9.17, 15) is 9.59 Å². The summed E-state index contributed by atoms with van der Waals surface area (Å²) < 4.78 is 6.11. The molecule has 4 rings (SSSR count). The van der Waals surface area contributed by atoms with Crippen LogP contribution in [0.5, 0.6) is 5.75 Å². The van der Waals surface area contributed by atoms with E-state index in [0.29, 0.717) is 4.91 Å². The average Bonchev–Trinajstić information content (AvgIpc) is 2.86. The highest BCUT2D eigenvalue weighted by Crippen LogP contribution is 2.42. The van der Waals surface area contributed by atoms with Gasteiger partial charge in [-0.1, -0.05) is 60.3 Å². The van der Waals surface area contributed by atoms with Crippen LogP contribution in [0.1, 0.15) is 24.5 Å². The maximum absolute atomic E-state index is 13.5. The average molecular weight is 552 g/mol. The summed E-state index contributed by atoms with van der Waals surface area (Å²) in [6.07, 6.45) is 3.56. The zero-order chi connectivity index (χ0) is 24.8. The molecule has 1 aliphatic heterocycles. The van der Waals surface area contributed by atoms with E-state index in [1.54, 1.807) is 12.0 Å². The van der Waals surface area contributed by atoms with E-state index in [1.807, 2.05) is 73.7 Å². The number of amides is 2. The van der Waals surface area contributed by atoms with Crippen LogP contribution in [0, 0.1) is 0 Å². The molecule has 3 aromatic rings. The SMILES string of the molecule is COc1ccc(/C=C2/Sc3ccccc3N(CC(=O)N[C@@H](C)CCc3ccccc3)C2=O)cc1Br. The molecule has 7 heteroatoms. The summed E-state index contributed by atoms with van der Waals surface area (Å²) in [4.78, 5) is 29.4. The van der Waals surface area contributed by atoms with Crippen molar-refractivity contribution in [3.8, 4) is 5.75 Å². The Morgan fingerprint density at radius 1 is 1.11 bits per heavy atom. The summed E-state index contributed by atoms with van der Waals surface area (Å²) in [6, 6.07) is 23.5. The second-order valence-corrected chi connectivity index (χ2v) is 10.3. The number of nitrogens with zero attached hydrogens (tertiary/aromatic N) is 1. The molecule has 0 radical (unpaired) electrons. The molecule has 1 aliphatic rings. The third kappa shape index (κ3) is 6.35. The molecule has 180 valence electrons. The molecule has 0 saturated heterocycles. The highest BCUT2D eigenvalue weighted by Gasteiger charge is 2.30. The van der Waals surface area contributed by atoms with E-state index in [-0.39, 0.29) is 24.4 Å². The van der Waals surface area contributed by atoms with Crippen LogP contribution in [0.3, 0.4) is 0 Å². The van der Waals surface area contributed by atoms with Crippen LogP contribution in [-0.4, -0.2) is 31.5 Å². The van der Waals surface area contributed by atoms with Gasteiger partial charge in [-0.3, -0.25) is 14.5 Å². The highest BCUT2D eigenvalue weighted by molar-refractivity contribution is 9.10. The molecule has 3 aromatic carbocycles. The van der Waals surface area contributed by atoms with Gasteiger partial charge >= 0.3 is 0 Å². The summed E-state index contributed by atoms with van der Waals surface area (Å²) in [5, 5.41) is 3.05. The minimum absolute atomic E-state index is 0.00104. The molecule has 1 heterocycles. The second-order valence-electron chi connectivity index (χ2n) is 8.36. The van der Waals surface area contributed by atoms with Gasteiger partial charge in [0.2, 0.25) is 5.91 Å². The first-order chi connectivity index (χ1) is 16.9. The molecule has 2 amide bonds.